The Kier molecular flexibility index (Phi) is 5.02. The molecule has 68 valence electrons. The Morgan fingerprint density at radius 3 is 1.91 bits per heavy atom. The Bertz CT molecular complexity index is 96.2. The van der Waals surface area contributed by atoms with Crippen LogP contribution in [0, 0.1) is 0 Å². The quantitative estimate of drug-likeness (QED) is 0.578. The lowest BCUT2D eigenvalue weighted by Gasteiger charge is -2.27. The number of rotatable bonds is 5. The third-order valence-electron chi connectivity index (χ3n) is 1.68. The van der Waals surface area contributed by atoms with E-state index in [-0.39, 0.29) is 0 Å². The van der Waals surface area contributed by atoms with Crippen LogP contribution < -0.4 is 0 Å². The lowest BCUT2D eigenvalue weighted by Crippen LogP contribution is -2.40. The first-order valence-electron chi connectivity index (χ1n) is 4.72. The minimum absolute atomic E-state index is 0.853. The van der Waals surface area contributed by atoms with Crippen LogP contribution in [0.4, 0.5) is 0 Å². The smallest absolute Gasteiger partial charge is 0.0599 e. The highest BCUT2D eigenvalue weighted by molar-refractivity contribution is 6.76. The summed E-state index contributed by atoms with van der Waals surface area (Å²) in [5.41, 5.74) is 0. The van der Waals surface area contributed by atoms with Gasteiger partial charge in [-0.05, 0) is 25.7 Å². The minimum atomic E-state index is -0.853. The van der Waals surface area contributed by atoms with Crippen molar-refractivity contribution >= 4 is 8.07 Å². The van der Waals surface area contributed by atoms with Gasteiger partial charge in [0, 0.05) is 0 Å². The van der Waals surface area contributed by atoms with E-state index in [0.29, 0.717) is 0 Å². The van der Waals surface area contributed by atoms with Gasteiger partial charge in [-0.15, -0.1) is 0 Å². The molecule has 0 radical (unpaired) electrons. The molecule has 0 saturated heterocycles. The van der Waals surface area contributed by atoms with Gasteiger partial charge in [0.1, 0.15) is 0 Å². The molecule has 0 bridgehead atoms. The highest BCUT2D eigenvalue weighted by Gasteiger charge is 2.16. The summed E-state index contributed by atoms with van der Waals surface area (Å²) in [5.74, 6) is 0. The zero-order valence-corrected chi connectivity index (χ0v) is 9.78. The fourth-order valence-corrected chi connectivity index (χ4v) is 3.06. The fraction of sp³-hybridized carbons (Fsp3) is 1.00. The molecular formula is C9H23NSi. The topological polar surface area (TPSA) is 3.24 Å². The van der Waals surface area contributed by atoms with E-state index in [4.69, 9.17) is 0 Å². The zero-order valence-electron chi connectivity index (χ0n) is 8.78. The molecule has 0 saturated carbocycles. The molecule has 0 aliphatic rings. The van der Waals surface area contributed by atoms with Crippen molar-refractivity contribution in [2.75, 3.05) is 19.3 Å². The summed E-state index contributed by atoms with van der Waals surface area (Å²) in [4.78, 5) is 2.58. The van der Waals surface area contributed by atoms with Crippen molar-refractivity contribution in [3.05, 3.63) is 0 Å². The van der Waals surface area contributed by atoms with E-state index < -0.39 is 8.07 Å². The number of hydrogen-bond acceptors (Lipinski definition) is 1. The molecule has 0 aliphatic carbocycles. The molecule has 0 rings (SSSR count). The maximum atomic E-state index is 2.58. The van der Waals surface area contributed by atoms with Crippen LogP contribution in [0.25, 0.3) is 0 Å². The molecule has 11 heavy (non-hydrogen) atoms. The van der Waals surface area contributed by atoms with E-state index in [1.165, 1.54) is 25.7 Å². The van der Waals surface area contributed by atoms with Gasteiger partial charge in [0.15, 0.2) is 0 Å². The highest BCUT2D eigenvalue weighted by Crippen LogP contribution is 2.04. The standard InChI is InChI=1S/C9H23NSi/c1-6-8-10(7-2)9-11(3,4)5/h6-9H2,1-5H3. The summed E-state index contributed by atoms with van der Waals surface area (Å²) in [6.45, 7) is 14.3. The van der Waals surface area contributed by atoms with Gasteiger partial charge in [0.05, 0.1) is 8.07 Å². The van der Waals surface area contributed by atoms with E-state index in [1.807, 2.05) is 0 Å². The number of hydrogen-bond donors (Lipinski definition) is 0. The lowest BCUT2D eigenvalue weighted by molar-refractivity contribution is 0.330. The SMILES string of the molecule is CCCN(CC)C[Si](C)(C)C. The molecular weight excluding hydrogens is 150 g/mol. The second-order valence-electron chi connectivity index (χ2n) is 4.43. The van der Waals surface area contributed by atoms with Crippen molar-refractivity contribution < 1.29 is 0 Å². The summed E-state index contributed by atoms with van der Waals surface area (Å²) in [6.07, 6.45) is 2.65. The molecule has 0 aromatic heterocycles. The molecule has 0 aliphatic heterocycles. The van der Waals surface area contributed by atoms with Crippen molar-refractivity contribution in [1.82, 2.24) is 4.90 Å². The van der Waals surface area contributed by atoms with Crippen LogP contribution in [0.5, 0.6) is 0 Å². The predicted molar refractivity (Wildman–Crippen MR) is 55.8 cm³/mol. The Hall–Kier alpha value is 0.177. The van der Waals surface area contributed by atoms with Crippen LogP contribution in [-0.4, -0.2) is 32.2 Å². The van der Waals surface area contributed by atoms with Gasteiger partial charge in [0.2, 0.25) is 0 Å². The summed E-state index contributed by atoms with van der Waals surface area (Å²) in [5, 5.41) is 0. The van der Waals surface area contributed by atoms with E-state index in [0.717, 1.165) is 0 Å². The van der Waals surface area contributed by atoms with E-state index in [9.17, 15) is 0 Å². The predicted octanol–water partition coefficient (Wildman–Crippen LogP) is 2.60. The molecule has 0 heterocycles. The summed E-state index contributed by atoms with van der Waals surface area (Å²) < 4.78 is 0. The second kappa shape index (κ2) is 4.94. The molecule has 0 fully saturated rings. The van der Waals surface area contributed by atoms with Gasteiger partial charge >= 0.3 is 0 Å². The van der Waals surface area contributed by atoms with Gasteiger partial charge in [-0.25, -0.2) is 0 Å². The van der Waals surface area contributed by atoms with Crippen LogP contribution in [-0.2, 0) is 0 Å². The van der Waals surface area contributed by atoms with Gasteiger partial charge in [-0.3, -0.25) is 0 Å². The molecule has 0 amide bonds. The van der Waals surface area contributed by atoms with E-state index in [1.54, 1.807) is 0 Å². The Morgan fingerprint density at radius 1 is 1.09 bits per heavy atom. The van der Waals surface area contributed by atoms with Crippen LogP contribution in [0.1, 0.15) is 20.3 Å². The van der Waals surface area contributed by atoms with Crippen molar-refractivity contribution in [1.29, 1.82) is 0 Å². The Morgan fingerprint density at radius 2 is 1.64 bits per heavy atom. The van der Waals surface area contributed by atoms with Crippen LogP contribution in [0.2, 0.25) is 19.6 Å². The van der Waals surface area contributed by atoms with Crippen LogP contribution in [0.15, 0.2) is 0 Å². The Balaban J connectivity index is 3.68. The number of nitrogens with zero attached hydrogens (tertiary/aromatic N) is 1. The summed E-state index contributed by atoms with van der Waals surface area (Å²) in [6, 6.07) is 0. The van der Waals surface area contributed by atoms with Crippen molar-refractivity contribution in [3.8, 4) is 0 Å². The lowest BCUT2D eigenvalue weighted by atomic mass is 10.4. The maximum absolute atomic E-state index is 2.58. The monoisotopic (exact) mass is 173 g/mol. The minimum Gasteiger partial charge on any atom is -0.306 e. The first-order chi connectivity index (χ1) is 4.99. The van der Waals surface area contributed by atoms with Crippen LogP contribution >= 0.6 is 0 Å². The average Bonchev–Trinajstić information content (AvgIpc) is 1.84. The normalized spacial score (nSPS) is 12.5. The molecule has 0 spiro atoms. The fourth-order valence-electron chi connectivity index (χ4n) is 1.34. The molecule has 0 atom stereocenters. The molecule has 0 aromatic carbocycles. The van der Waals surface area contributed by atoms with Crippen molar-refractivity contribution in [2.45, 2.75) is 39.9 Å². The third kappa shape index (κ3) is 6.57. The molecule has 2 heteroatoms. The molecule has 1 nitrogen and oxygen atoms in total. The van der Waals surface area contributed by atoms with Crippen molar-refractivity contribution in [3.63, 3.8) is 0 Å². The first kappa shape index (κ1) is 11.2. The Labute approximate surface area is 72.8 Å². The van der Waals surface area contributed by atoms with Crippen molar-refractivity contribution in [2.24, 2.45) is 0 Å². The first-order valence-corrected chi connectivity index (χ1v) is 8.42. The maximum Gasteiger partial charge on any atom is 0.0599 e. The largest absolute Gasteiger partial charge is 0.306 e. The highest BCUT2D eigenvalue weighted by atomic mass is 28.3. The zero-order chi connectivity index (χ0) is 8.91. The summed E-state index contributed by atoms with van der Waals surface area (Å²) >= 11 is 0. The third-order valence-corrected chi connectivity index (χ3v) is 3.08. The van der Waals surface area contributed by atoms with Gasteiger partial charge in [-0.1, -0.05) is 33.5 Å². The molecule has 0 N–H and O–H groups in total. The molecule has 0 unspecified atom stereocenters. The second-order valence-corrected chi connectivity index (χ2v) is 9.87. The van der Waals surface area contributed by atoms with Gasteiger partial charge < -0.3 is 4.90 Å². The summed E-state index contributed by atoms with van der Waals surface area (Å²) in [7, 11) is -0.853. The molecule has 0 aromatic rings. The van der Waals surface area contributed by atoms with Gasteiger partial charge in [0.25, 0.3) is 0 Å². The van der Waals surface area contributed by atoms with Gasteiger partial charge in [-0.2, -0.15) is 0 Å². The average molecular weight is 173 g/mol. The van der Waals surface area contributed by atoms with E-state index in [2.05, 4.69) is 38.4 Å². The van der Waals surface area contributed by atoms with E-state index >= 15 is 0 Å². The van der Waals surface area contributed by atoms with Crippen LogP contribution in [0.3, 0.4) is 0 Å².